The van der Waals surface area contributed by atoms with Gasteiger partial charge < -0.3 is 10.0 Å². The van der Waals surface area contributed by atoms with Gasteiger partial charge in [-0.1, -0.05) is 54.1 Å². The number of carbonyl (C=O) groups excluding carboxylic acids is 1. The summed E-state index contributed by atoms with van der Waals surface area (Å²) in [4.78, 5) is 14.4. The molecule has 0 saturated heterocycles. The van der Waals surface area contributed by atoms with Gasteiger partial charge in [-0.05, 0) is 35.3 Å². The van der Waals surface area contributed by atoms with E-state index in [4.69, 9.17) is 11.6 Å². The van der Waals surface area contributed by atoms with E-state index >= 15 is 0 Å². The monoisotopic (exact) mass is 432 g/mol. The predicted octanol–water partition coefficient (Wildman–Crippen LogP) is 2.53. The van der Waals surface area contributed by atoms with Crippen molar-refractivity contribution >= 4 is 27.5 Å². The highest BCUT2D eigenvalue weighted by molar-refractivity contribution is 7.89. The number of carbonyl (C=O) groups is 1. The molecule has 1 N–H and O–H groups in total. The summed E-state index contributed by atoms with van der Waals surface area (Å²) in [6.07, 6.45) is -1.22. The molecule has 8 heteroatoms. The summed E-state index contributed by atoms with van der Waals surface area (Å²) in [5.41, 5.74) is 2.97. The van der Waals surface area contributed by atoms with Crippen LogP contribution < -0.4 is 0 Å². The maximum Gasteiger partial charge on any atom is 0.256 e. The van der Waals surface area contributed by atoms with E-state index in [1.54, 1.807) is 54.3 Å². The van der Waals surface area contributed by atoms with Gasteiger partial charge in [-0.15, -0.1) is 0 Å². The van der Waals surface area contributed by atoms with Crippen LogP contribution in [0.3, 0.4) is 0 Å². The van der Waals surface area contributed by atoms with Crippen LogP contribution in [0, 0.1) is 6.92 Å². The molecular formula is C21H21ClN2O4S. The quantitative estimate of drug-likeness (QED) is 0.753. The number of rotatable bonds is 4. The summed E-state index contributed by atoms with van der Waals surface area (Å²) in [6, 6.07) is 13.8. The van der Waals surface area contributed by atoms with Crippen LogP contribution in [0.5, 0.6) is 0 Å². The molecule has 2 aliphatic heterocycles. The lowest BCUT2D eigenvalue weighted by Gasteiger charge is -2.25. The Morgan fingerprint density at radius 3 is 2.21 bits per heavy atom. The second-order valence-corrected chi connectivity index (χ2v) is 9.66. The second-order valence-electron chi connectivity index (χ2n) is 7.37. The van der Waals surface area contributed by atoms with Crippen LogP contribution in [0.15, 0.2) is 64.6 Å². The summed E-state index contributed by atoms with van der Waals surface area (Å²) in [5.74, 6) is -0.373. The Bertz CT molecular complexity index is 1060. The molecule has 0 aromatic heterocycles. The van der Waals surface area contributed by atoms with Gasteiger partial charge in [-0.25, -0.2) is 8.42 Å². The Morgan fingerprint density at radius 2 is 1.62 bits per heavy atom. The van der Waals surface area contributed by atoms with Crippen molar-refractivity contribution in [1.29, 1.82) is 0 Å². The number of sulfonamides is 1. The van der Waals surface area contributed by atoms with E-state index in [2.05, 4.69) is 0 Å². The second kappa shape index (κ2) is 7.57. The fourth-order valence-electron chi connectivity index (χ4n) is 3.89. The summed E-state index contributed by atoms with van der Waals surface area (Å²) in [7, 11) is -3.73. The van der Waals surface area contributed by atoms with Crippen molar-refractivity contribution in [3.63, 3.8) is 0 Å². The van der Waals surface area contributed by atoms with E-state index in [1.165, 1.54) is 4.31 Å². The van der Waals surface area contributed by atoms with Crippen molar-refractivity contribution in [1.82, 2.24) is 9.21 Å². The molecule has 2 aliphatic rings. The summed E-state index contributed by atoms with van der Waals surface area (Å²) in [6.45, 7) is 2.83. The Balaban J connectivity index is 1.46. The van der Waals surface area contributed by atoms with Gasteiger partial charge in [-0.2, -0.15) is 4.31 Å². The fourth-order valence-corrected chi connectivity index (χ4v) is 6.11. The molecule has 152 valence electrons. The first-order chi connectivity index (χ1) is 13.8. The van der Waals surface area contributed by atoms with E-state index in [0.29, 0.717) is 24.2 Å². The molecule has 2 aromatic rings. The molecule has 1 atom stereocenters. The van der Waals surface area contributed by atoms with Crippen LogP contribution in [0.2, 0.25) is 5.02 Å². The number of aryl methyl sites for hydroxylation is 1. The average molecular weight is 433 g/mol. The smallest absolute Gasteiger partial charge is 0.256 e. The maximum atomic E-state index is 13.1. The van der Waals surface area contributed by atoms with Gasteiger partial charge in [0.2, 0.25) is 10.0 Å². The molecule has 29 heavy (non-hydrogen) atoms. The molecule has 0 spiro atoms. The Morgan fingerprint density at radius 1 is 1.00 bits per heavy atom. The number of nitrogens with zero attached hydrogens (tertiary/aromatic N) is 2. The molecule has 0 bridgehead atoms. The molecule has 0 unspecified atom stereocenters. The third-order valence-electron chi connectivity index (χ3n) is 5.42. The number of halogens is 1. The van der Waals surface area contributed by atoms with Crippen LogP contribution in [-0.2, 0) is 14.8 Å². The fraction of sp³-hybridized carbons (Fsp3) is 0.286. The van der Waals surface area contributed by atoms with Crippen molar-refractivity contribution in [2.24, 2.45) is 0 Å². The molecule has 2 heterocycles. The molecule has 2 aromatic carbocycles. The molecule has 4 rings (SSSR count). The highest BCUT2D eigenvalue weighted by Gasteiger charge is 2.39. The van der Waals surface area contributed by atoms with Crippen molar-refractivity contribution in [2.75, 3.05) is 26.2 Å². The summed E-state index contributed by atoms with van der Waals surface area (Å²) >= 11 is 6.17. The van der Waals surface area contributed by atoms with Gasteiger partial charge >= 0.3 is 0 Å². The van der Waals surface area contributed by atoms with Crippen LogP contribution in [-0.4, -0.2) is 54.8 Å². The van der Waals surface area contributed by atoms with Crippen molar-refractivity contribution in [3.05, 3.63) is 75.8 Å². The van der Waals surface area contributed by atoms with Crippen molar-refractivity contribution < 1.29 is 18.3 Å². The lowest BCUT2D eigenvalue weighted by Crippen LogP contribution is -2.38. The lowest BCUT2D eigenvalue weighted by molar-refractivity contribution is -0.139. The van der Waals surface area contributed by atoms with Gasteiger partial charge in [0.15, 0.2) is 6.10 Å². The first-order valence-electron chi connectivity index (χ1n) is 9.26. The Hall–Kier alpha value is -2.19. The number of amides is 1. The topological polar surface area (TPSA) is 77.9 Å². The van der Waals surface area contributed by atoms with Gasteiger partial charge in [0, 0.05) is 26.2 Å². The number of aliphatic hydroxyl groups excluding tert-OH is 1. The zero-order valence-corrected chi connectivity index (χ0v) is 17.4. The zero-order valence-electron chi connectivity index (χ0n) is 15.9. The molecular weight excluding hydrogens is 412 g/mol. The van der Waals surface area contributed by atoms with E-state index in [-0.39, 0.29) is 28.9 Å². The van der Waals surface area contributed by atoms with E-state index in [1.807, 2.05) is 6.07 Å². The minimum atomic E-state index is -3.73. The highest BCUT2D eigenvalue weighted by atomic mass is 35.5. The molecule has 0 aliphatic carbocycles. The third kappa shape index (κ3) is 3.59. The number of aliphatic hydroxyl groups is 1. The van der Waals surface area contributed by atoms with Crippen LogP contribution in [0.1, 0.15) is 17.2 Å². The number of benzene rings is 2. The van der Waals surface area contributed by atoms with E-state index in [0.717, 1.165) is 11.1 Å². The minimum Gasteiger partial charge on any atom is -0.378 e. The maximum absolute atomic E-state index is 13.1. The standard InChI is InChI=1S/C21H21ClN2O4S/c1-14-6-5-9-18(22)20(14)29(27,28)24-12-16-10-23(11-17(16)13-24)21(26)19(25)15-7-3-2-4-8-15/h2-9,19,25H,10-13H2,1H3/t19-/m0/s1. The van der Waals surface area contributed by atoms with Crippen molar-refractivity contribution in [2.45, 2.75) is 17.9 Å². The van der Waals surface area contributed by atoms with E-state index in [9.17, 15) is 18.3 Å². The van der Waals surface area contributed by atoms with E-state index < -0.39 is 16.1 Å². The Labute approximate surface area is 175 Å². The molecule has 1 amide bonds. The van der Waals surface area contributed by atoms with Gasteiger partial charge in [-0.3, -0.25) is 4.79 Å². The van der Waals surface area contributed by atoms with Crippen LogP contribution in [0.4, 0.5) is 0 Å². The molecule has 0 fully saturated rings. The zero-order chi connectivity index (χ0) is 20.8. The molecule has 0 radical (unpaired) electrons. The molecule has 6 nitrogen and oxygen atoms in total. The SMILES string of the molecule is Cc1cccc(Cl)c1S(=O)(=O)N1CC2=C(CN(C(=O)[C@@H](O)c3ccccc3)C2)C1. The lowest BCUT2D eigenvalue weighted by atomic mass is 10.1. The average Bonchev–Trinajstić information content (AvgIpc) is 3.27. The largest absolute Gasteiger partial charge is 0.378 e. The summed E-state index contributed by atoms with van der Waals surface area (Å²) < 4.78 is 27.6. The van der Waals surface area contributed by atoms with Crippen molar-refractivity contribution in [3.8, 4) is 0 Å². The van der Waals surface area contributed by atoms with Crippen LogP contribution in [0.25, 0.3) is 0 Å². The molecule has 0 saturated carbocycles. The minimum absolute atomic E-state index is 0.135. The normalized spacial score (nSPS) is 18.2. The number of hydrogen-bond acceptors (Lipinski definition) is 4. The summed E-state index contributed by atoms with van der Waals surface area (Å²) in [5, 5.41) is 10.6. The Kier molecular flexibility index (Phi) is 5.25. The van der Waals surface area contributed by atoms with Gasteiger partial charge in [0.1, 0.15) is 4.90 Å². The first-order valence-corrected chi connectivity index (χ1v) is 11.1. The number of hydrogen-bond donors (Lipinski definition) is 1. The third-order valence-corrected chi connectivity index (χ3v) is 7.84. The predicted molar refractivity (Wildman–Crippen MR) is 110 cm³/mol. The highest BCUT2D eigenvalue weighted by Crippen LogP contribution is 2.34. The van der Waals surface area contributed by atoms with Gasteiger partial charge in [0.25, 0.3) is 5.91 Å². The van der Waals surface area contributed by atoms with Crippen LogP contribution >= 0.6 is 11.6 Å². The first kappa shape index (κ1) is 20.1. The van der Waals surface area contributed by atoms with Gasteiger partial charge in [0.05, 0.1) is 5.02 Å².